The average Bonchev–Trinajstić information content (AvgIpc) is 2.30. The smallest absolute Gasteiger partial charge is 0.0366 e. The van der Waals surface area contributed by atoms with E-state index in [4.69, 9.17) is 0 Å². The van der Waals surface area contributed by atoms with Crippen LogP contribution >= 0.6 is 12.6 Å². The number of hydrogen-bond acceptors (Lipinski definition) is 2. The van der Waals surface area contributed by atoms with E-state index in [2.05, 4.69) is 54.8 Å². The van der Waals surface area contributed by atoms with Crippen LogP contribution in [-0.2, 0) is 0 Å². The summed E-state index contributed by atoms with van der Waals surface area (Å²) in [6.45, 7) is 4.52. The van der Waals surface area contributed by atoms with E-state index in [0.717, 1.165) is 25.3 Å². The van der Waals surface area contributed by atoms with Crippen LogP contribution in [0.25, 0.3) is 0 Å². The SMILES string of the molecule is CCCCN(CCCS)c1ccccc1. The molecule has 0 aliphatic carbocycles. The second-order valence-electron chi connectivity index (χ2n) is 3.75. The lowest BCUT2D eigenvalue weighted by atomic mass is 10.2. The molecule has 0 radical (unpaired) electrons. The first kappa shape index (κ1) is 12.4. The number of rotatable bonds is 7. The molecule has 0 unspecified atom stereocenters. The van der Waals surface area contributed by atoms with Crippen molar-refractivity contribution in [2.24, 2.45) is 0 Å². The summed E-state index contributed by atoms with van der Waals surface area (Å²) in [5.74, 6) is 0.968. The lowest BCUT2D eigenvalue weighted by molar-refractivity contribution is 0.706. The molecule has 0 bridgehead atoms. The molecule has 0 aliphatic heterocycles. The maximum absolute atomic E-state index is 4.27. The van der Waals surface area contributed by atoms with Crippen molar-refractivity contribution in [3.63, 3.8) is 0 Å². The first-order valence-corrected chi connectivity index (χ1v) is 6.42. The monoisotopic (exact) mass is 223 g/mol. The summed E-state index contributed by atoms with van der Waals surface area (Å²) in [6, 6.07) is 10.7. The fourth-order valence-corrected chi connectivity index (χ4v) is 1.76. The molecule has 2 heteroatoms. The molecule has 0 amide bonds. The highest BCUT2D eigenvalue weighted by molar-refractivity contribution is 7.80. The van der Waals surface area contributed by atoms with Gasteiger partial charge in [0.05, 0.1) is 0 Å². The molecule has 84 valence electrons. The Labute approximate surface area is 98.9 Å². The van der Waals surface area contributed by atoms with Crippen molar-refractivity contribution in [3.8, 4) is 0 Å². The number of anilines is 1. The van der Waals surface area contributed by atoms with E-state index in [1.54, 1.807) is 0 Å². The molecule has 1 nitrogen and oxygen atoms in total. The van der Waals surface area contributed by atoms with Gasteiger partial charge in [0.1, 0.15) is 0 Å². The lowest BCUT2D eigenvalue weighted by Crippen LogP contribution is -2.25. The highest BCUT2D eigenvalue weighted by atomic mass is 32.1. The maximum Gasteiger partial charge on any atom is 0.0366 e. The number of para-hydroxylation sites is 1. The Morgan fingerprint density at radius 1 is 1.07 bits per heavy atom. The van der Waals surface area contributed by atoms with Gasteiger partial charge >= 0.3 is 0 Å². The first-order valence-electron chi connectivity index (χ1n) is 5.79. The predicted molar refractivity (Wildman–Crippen MR) is 72.0 cm³/mol. The van der Waals surface area contributed by atoms with Gasteiger partial charge in [-0.25, -0.2) is 0 Å². The van der Waals surface area contributed by atoms with Crippen LogP contribution in [0.2, 0.25) is 0 Å². The largest absolute Gasteiger partial charge is 0.372 e. The molecular weight excluding hydrogens is 202 g/mol. The number of benzene rings is 1. The van der Waals surface area contributed by atoms with Crippen molar-refractivity contribution in [2.45, 2.75) is 26.2 Å². The Morgan fingerprint density at radius 2 is 1.73 bits per heavy atom. The minimum absolute atomic E-state index is 0.968. The standard InChI is InChI=1S/C13H21NS/c1-2-3-10-14(11-7-12-15)13-8-5-4-6-9-13/h4-6,8-9,15H,2-3,7,10-12H2,1H3. The van der Waals surface area contributed by atoms with E-state index in [1.165, 1.54) is 18.5 Å². The molecular formula is C13H21NS. The number of unbranched alkanes of at least 4 members (excludes halogenated alkanes) is 1. The molecule has 0 spiro atoms. The molecule has 0 saturated heterocycles. The van der Waals surface area contributed by atoms with Crippen molar-refractivity contribution < 1.29 is 0 Å². The minimum atomic E-state index is 0.968. The van der Waals surface area contributed by atoms with Gasteiger partial charge in [0.25, 0.3) is 0 Å². The second-order valence-corrected chi connectivity index (χ2v) is 4.20. The summed E-state index contributed by atoms with van der Waals surface area (Å²) in [4.78, 5) is 2.46. The Morgan fingerprint density at radius 3 is 2.33 bits per heavy atom. The molecule has 0 N–H and O–H groups in total. The van der Waals surface area contributed by atoms with Crippen LogP contribution in [0.5, 0.6) is 0 Å². The van der Waals surface area contributed by atoms with Gasteiger partial charge in [0.2, 0.25) is 0 Å². The maximum atomic E-state index is 4.27. The van der Waals surface area contributed by atoms with Crippen LogP contribution in [0.15, 0.2) is 30.3 Å². The lowest BCUT2D eigenvalue weighted by Gasteiger charge is -2.24. The molecule has 0 atom stereocenters. The molecule has 0 fully saturated rings. The van der Waals surface area contributed by atoms with Crippen molar-refractivity contribution >= 4 is 18.3 Å². The van der Waals surface area contributed by atoms with Gasteiger partial charge in [-0.05, 0) is 30.7 Å². The van der Waals surface area contributed by atoms with E-state index in [-0.39, 0.29) is 0 Å². The summed E-state index contributed by atoms with van der Waals surface area (Å²) >= 11 is 4.27. The molecule has 15 heavy (non-hydrogen) atoms. The van der Waals surface area contributed by atoms with Crippen molar-refractivity contribution in [1.82, 2.24) is 0 Å². The van der Waals surface area contributed by atoms with Gasteiger partial charge in [0.15, 0.2) is 0 Å². The number of hydrogen-bond donors (Lipinski definition) is 1. The van der Waals surface area contributed by atoms with Crippen LogP contribution < -0.4 is 4.90 Å². The average molecular weight is 223 g/mol. The molecule has 0 saturated carbocycles. The summed E-state index contributed by atoms with van der Waals surface area (Å²) in [5.41, 5.74) is 1.34. The summed E-state index contributed by atoms with van der Waals surface area (Å²) in [5, 5.41) is 0. The zero-order valence-electron chi connectivity index (χ0n) is 9.52. The highest BCUT2D eigenvalue weighted by Crippen LogP contribution is 2.14. The summed E-state index contributed by atoms with van der Waals surface area (Å²) < 4.78 is 0. The van der Waals surface area contributed by atoms with E-state index >= 15 is 0 Å². The topological polar surface area (TPSA) is 3.24 Å². The molecule has 0 aliphatic rings. The van der Waals surface area contributed by atoms with Crippen molar-refractivity contribution in [3.05, 3.63) is 30.3 Å². The van der Waals surface area contributed by atoms with Crippen molar-refractivity contribution in [1.29, 1.82) is 0 Å². The third-order valence-electron chi connectivity index (χ3n) is 2.49. The zero-order valence-corrected chi connectivity index (χ0v) is 10.4. The Balaban J connectivity index is 2.55. The van der Waals surface area contributed by atoms with E-state index in [0.29, 0.717) is 0 Å². The van der Waals surface area contributed by atoms with Crippen LogP contribution in [0, 0.1) is 0 Å². The Hall–Kier alpha value is -0.630. The number of nitrogens with zero attached hydrogens (tertiary/aromatic N) is 1. The highest BCUT2D eigenvalue weighted by Gasteiger charge is 2.03. The van der Waals surface area contributed by atoms with Crippen LogP contribution in [-0.4, -0.2) is 18.8 Å². The first-order chi connectivity index (χ1) is 7.38. The fourth-order valence-electron chi connectivity index (χ4n) is 1.62. The van der Waals surface area contributed by atoms with E-state index in [1.807, 2.05) is 0 Å². The van der Waals surface area contributed by atoms with Gasteiger partial charge < -0.3 is 4.90 Å². The quantitative estimate of drug-likeness (QED) is 0.691. The molecule has 0 heterocycles. The normalized spacial score (nSPS) is 10.3. The summed E-state index contributed by atoms with van der Waals surface area (Å²) in [7, 11) is 0. The van der Waals surface area contributed by atoms with Crippen molar-refractivity contribution in [2.75, 3.05) is 23.7 Å². The van der Waals surface area contributed by atoms with Gasteiger partial charge in [-0.2, -0.15) is 12.6 Å². The van der Waals surface area contributed by atoms with Gasteiger partial charge in [-0.1, -0.05) is 31.5 Å². The third kappa shape index (κ3) is 4.61. The molecule has 0 aromatic heterocycles. The second kappa shape index (κ2) is 7.63. The molecule has 1 rings (SSSR count). The molecule has 1 aromatic carbocycles. The van der Waals surface area contributed by atoms with Gasteiger partial charge in [-0.15, -0.1) is 0 Å². The fraction of sp³-hybridized carbons (Fsp3) is 0.538. The van der Waals surface area contributed by atoms with Crippen LogP contribution in [0.1, 0.15) is 26.2 Å². The van der Waals surface area contributed by atoms with Gasteiger partial charge in [-0.3, -0.25) is 0 Å². The Kier molecular flexibility index (Phi) is 6.33. The third-order valence-corrected chi connectivity index (χ3v) is 2.81. The number of thiol groups is 1. The summed E-state index contributed by atoms with van der Waals surface area (Å²) in [6.07, 6.45) is 3.67. The predicted octanol–water partition coefficient (Wildman–Crippen LogP) is 3.61. The minimum Gasteiger partial charge on any atom is -0.372 e. The molecule has 1 aromatic rings. The zero-order chi connectivity index (χ0) is 10.9. The van der Waals surface area contributed by atoms with E-state index < -0.39 is 0 Å². The Bertz CT molecular complexity index is 240. The van der Waals surface area contributed by atoms with E-state index in [9.17, 15) is 0 Å². The van der Waals surface area contributed by atoms with Crippen LogP contribution in [0.4, 0.5) is 5.69 Å². The van der Waals surface area contributed by atoms with Crippen LogP contribution in [0.3, 0.4) is 0 Å². The van der Waals surface area contributed by atoms with Gasteiger partial charge in [0, 0.05) is 18.8 Å².